The van der Waals surface area contributed by atoms with Crippen LogP contribution >= 0.6 is 0 Å². The quantitative estimate of drug-likeness (QED) is 0.812. The monoisotopic (exact) mass is 251 g/mol. The van der Waals surface area contributed by atoms with Crippen molar-refractivity contribution in [3.05, 3.63) is 29.8 Å². The average molecular weight is 251 g/mol. The highest BCUT2D eigenvalue weighted by atomic mass is 19.1. The van der Waals surface area contributed by atoms with E-state index in [2.05, 4.69) is 22.2 Å². The maximum absolute atomic E-state index is 12.9. The number of nitrogens with zero attached hydrogens (tertiary/aromatic N) is 2. The molecule has 0 aromatic carbocycles. The lowest BCUT2D eigenvalue weighted by atomic mass is 9.94. The molecule has 0 spiro atoms. The van der Waals surface area contributed by atoms with Gasteiger partial charge in [-0.1, -0.05) is 0 Å². The molecule has 1 aromatic rings. The first-order valence-electron chi connectivity index (χ1n) is 6.73. The Hall–Kier alpha value is -1.00. The van der Waals surface area contributed by atoms with Gasteiger partial charge in [0, 0.05) is 12.7 Å². The van der Waals surface area contributed by atoms with Gasteiger partial charge in [0.2, 0.25) is 0 Å². The first-order chi connectivity index (χ1) is 8.74. The van der Waals surface area contributed by atoms with E-state index >= 15 is 0 Å². The van der Waals surface area contributed by atoms with E-state index in [1.807, 2.05) is 0 Å². The van der Waals surface area contributed by atoms with Crippen molar-refractivity contribution in [1.82, 2.24) is 15.2 Å². The van der Waals surface area contributed by atoms with Crippen LogP contribution in [0, 0.1) is 11.7 Å². The molecule has 2 heterocycles. The van der Waals surface area contributed by atoms with Gasteiger partial charge < -0.3 is 10.2 Å². The highest BCUT2D eigenvalue weighted by Crippen LogP contribution is 2.18. The van der Waals surface area contributed by atoms with Crippen LogP contribution < -0.4 is 5.32 Å². The fourth-order valence-corrected chi connectivity index (χ4v) is 2.44. The van der Waals surface area contributed by atoms with Crippen molar-refractivity contribution in [3.63, 3.8) is 0 Å². The average Bonchev–Trinajstić information content (AvgIpc) is 2.37. The van der Waals surface area contributed by atoms with Crippen LogP contribution in [-0.2, 0) is 6.54 Å². The minimum atomic E-state index is -0.260. The third-order valence-electron chi connectivity index (χ3n) is 3.66. The summed E-state index contributed by atoms with van der Waals surface area (Å²) >= 11 is 0. The third-order valence-corrected chi connectivity index (χ3v) is 3.66. The molecule has 1 saturated heterocycles. The highest BCUT2D eigenvalue weighted by molar-refractivity contribution is 5.09. The second kappa shape index (κ2) is 6.81. The summed E-state index contributed by atoms with van der Waals surface area (Å²) in [4.78, 5) is 6.23. The zero-order valence-electron chi connectivity index (χ0n) is 11.0. The molecule has 0 radical (unpaired) electrons. The number of pyridine rings is 1. The zero-order valence-corrected chi connectivity index (χ0v) is 11.0. The van der Waals surface area contributed by atoms with Gasteiger partial charge in [-0.05, 0) is 63.5 Å². The van der Waals surface area contributed by atoms with Crippen molar-refractivity contribution in [1.29, 1.82) is 0 Å². The molecule has 4 heteroatoms. The van der Waals surface area contributed by atoms with Crippen LogP contribution in [0.5, 0.6) is 0 Å². The molecule has 0 saturated carbocycles. The number of rotatable bonds is 5. The summed E-state index contributed by atoms with van der Waals surface area (Å²) < 4.78 is 12.9. The minimum Gasteiger partial charge on any atom is -0.313 e. The maximum Gasteiger partial charge on any atom is 0.141 e. The normalized spacial score (nSPS) is 18.1. The highest BCUT2D eigenvalue weighted by Gasteiger charge is 2.15. The molecule has 3 nitrogen and oxygen atoms in total. The lowest BCUT2D eigenvalue weighted by Crippen LogP contribution is -2.31. The van der Waals surface area contributed by atoms with Crippen molar-refractivity contribution in [2.45, 2.75) is 25.8 Å². The number of hydrogen-bond donors (Lipinski definition) is 1. The fourth-order valence-electron chi connectivity index (χ4n) is 2.44. The van der Waals surface area contributed by atoms with Gasteiger partial charge in [-0.25, -0.2) is 4.39 Å². The Bertz CT molecular complexity index is 362. The smallest absolute Gasteiger partial charge is 0.141 e. The summed E-state index contributed by atoms with van der Waals surface area (Å²) in [5, 5.41) is 3.37. The van der Waals surface area contributed by atoms with Crippen LogP contribution in [0.25, 0.3) is 0 Å². The van der Waals surface area contributed by atoms with E-state index in [0.717, 1.165) is 18.0 Å². The standard InChI is InChI=1S/C14H22FN3/c1-18-6-3-12(4-7-18)2-5-16-9-13-8-14(15)11-17-10-13/h8,10-12,16H,2-7,9H2,1H3. The Morgan fingerprint density at radius 1 is 1.39 bits per heavy atom. The Kier molecular flexibility index (Phi) is 5.08. The van der Waals surface area contributed by atoms with Crippen LogP contribution in [0.3, 0.4) is 0 Å². The van der Waals surface area contributed by atoms with E-state index in [4.69, 9.17) is 0 Å². The van der Waals surface area contributed by atoms with Crippen LogP contribution in [-0.4, -0.2) is 36.6 Å². The van der Waals surface area contributed by atoms with Crippen LogP contribution in [0.4, 0.5) is 4.39 Å². The molecular formula is C14H22FN3. The van der Waals surface area contributed by atoms with E-state index in [9.17, 15) is 4.39 Å². The van der Waals surface area contributed by atoms with Crippen LogP contribution in [0.2, 0.25) is 0 Å². The van der Waals surface area contributed by atoms with Gasteiger partial charge in [0.25, 0.3) is 0 Å². The Labute approximate surface area is 108 Å². The number of nitrogens with one attached hydrogen (secondary N) is 1. The van der Waals surface area contributed by atoms with Crippen molar-refractivity contribution < 1.29 is 4.39 Å². The first-order valence-corrected chi connectivity index (χ1v) is 6.73. The molecule has 2 rings (SSSR count). The second-order valence-electron chi connectivity index (χ2n) is 5.22. The number of likely N-dealkylation sites (tertiary alicyclic amines) is 1. The summed E-state index contributed by atoms with van der Waals surface area (Å²) in [7, 11) is 2.19. The Morgan fingerprint density at radius 2 is 2.17 bits per heavy atom. The molecule has 0 amide bonds. The van der Waals surface area contributed by atoms with E-state index < -0.39 is 0 Å². The van der Waals surface area contributed by atoms with Gasteiger partial charge in [-0.3, -0.25) is 4.98 Å². The third kappa shape index (κ3) is 4.35. The zero-order chi connectivity index (χ0) is 12.8. The van der Waals surface area contributed by atoms with Gasteiger partial charge in [0.05, 0.1) is 6.20 Å². The number of aromatic nitrogens is 1. The van der Waals surface area contributed by atoms with E-state index in [1.54, 1.807) is 6.20 Å². The van der Waals surface area contributed by atoms with Crippen molar-refractivity contribution in [2.24, 2.45) is 5.92 Å². The summed E-state index contributed by atoms with van der Waals surface area (Å²) in [6.45, 7) is 4.15. The number of halogens is 1. The molecular weight excluding hydrogens is 229 g/mol. The molecule has 0 aliphatic carbocycles. The lowest BCUT2D eigenvalue weighted by Gasteiger charge is -2.28. The number of piperidine rings is 1. The second-order valence-corrected chi connectivity index (χ2v) is 5.22. The molecule has 0 bridgehead atoms. The maximum atomic E-state index is 12.9. The topological polar surface area (TPSA) is 28.2 Å². The van der Waals surface area contributed by atoms with Gasteiger partial charge in [-0.15, -0.1) is 0 Å². The van der Waals surface area contributed by atoms with E-state index in [-0.39, 0.29) is 5.82 Å². The van der Waals surface area contributed by atoms with Crippen LogP contribution in [0.1, 0.15) is 24.8 Å². The van der Waals surface area contributed by atoms with Crippen molar-refractivity contribution in [2.75, 3.05) is 26.7 Å². The van der Waals surface area contributed by atoms with Crippen molar-refractivity contribution in [3.8, 4) is 0 Å². The fraction of sp³-hybridized carbons (Fsp3) is 0.643. The van der Waals surface area contributed by atoms with Crippen molar-refractivity contribution >= 4 is 0 Å². The van der Waals surface area contributed by atoms with Gasteiger partial charge in [0.15, 0.2) is 0 Å². The molecule has 1 N–H and O–H groups in total. The molecule has 1 aromatic heterocycles. The molecule has 0 unspecified atom stereocenters. The summed E-state index contributed by atoms with van der Waals surface area (Å²) in [6, 6.07) is 1.54. The number of hydrogen-bond acceptors (Lipinski definition) is 3. The summed E-state index contributed by atoms with van der Waals surface area (Å²) in [5.41, 5.74) is 0.915. The molecule has 0 atom stereocenters. The predicted molar refractivity (Wildman–Crippen MR) is 70.7 cm³/mol. The van der Waals surface area contributed by atoms with E-state index in [0.29, 0.717) is 6.54 Å². The predicted octanol–water partition coefficient (Wildman–Crippen LogP) is 2.04. The SMILES string of the molecule is CN1CCC(CCNCc2cncc(F)c2)CC1. The molecule has 1 fully saturated rings. The summed E-state index contributed by atoms with van der Waals surface area (Å²) in [6.07, 6.45) is 6.78. The van der Waals surface area contributed by atoms with Gasteiger partial charge in [-0.2, -0.15) is 0 Å². The minimum absolute atomic E-state index is 0.260. The van der Waals surface area contributed by atoms with Gasteiger partial charge in [0.1, 0.15) is 5.82 Å². The molecule has 18 heavy (non-hydrogen) atoms. The summed E-state index contributed by atoms with van der Waals surface area (Å²) in [5.74, 6) is 0.587. The Balaban J connectivity index is 1.61. The molecule has 1 aliphatic heterocycles. The molecule has 1 aliphatic rings. The van der Waals surface area contributed by atoms with Crippen LogP contribution in [0.15, 0.2) is 18.5 Å². The largest absolute Gasteiger partial charge is 0.313 e. The van der Waals surface area contributed by atoms with Gasteiger partial charge >= 0.3 is 0 Å². The first kappa shape index (κ1) is 13.4. The lowest BCUT2D eigenvalue weighted by molar-refractivity contribution is 0.211. The Morgan fingerprint density at radius 3 is 2.89 bits per heavy atom. The van der Waals surface area contributed by atoms with E-state index in [1.165, 1.54) is 44.6 Å². The molecule has 100 valence electrons.